The van der Waals surface area contributed by atoms with Crippen LogP contribution in [-0.4, -0.2) is 70.0 Å². The fourth-order valence-corrected chi connectivity index (χ4v) is 3.00. The Balaban J connectivity index is 2.29. The van der Waals surface area contributed by atoms with E-state index in [1.54, 1.807) is 19.1 Å². The Morgan fingerprint density at radius 1 is 1.11 bits per heavy atom. The molecule has 0 radical (unpaired) electrons. The molecule has 150 valence electrons. The number of benzene rings is 1. The lowest BCUT2D eigenvalue weighted by molar-refractivity contribution is -0.0802. The number of aliphatic hydroxyl groups is 5. The number of aryl methyl sites for hydroxylation is 1. The van der Waals surface area contributed by atoms with Gasteiger partial charge in [0.25, 0.3) is 5.56 Å². The van der Waals surface area contributed by atoms with Gasteiger partial charge in [0.05, 0.1) is 30.8 Å². The summed E-state index contributed by atoms with van der Waals surface area (Å²) in [5.74, 6) is -0.126. The number of rotatable bonds is 6. The topological polar surface area (TPSA) is 182 Å². The van der Waals surface area contributed by atoms with E-state index in [1.807, 2.05) is 4.98 Å². The van der Waals surface area contributed by atoms with E-state index in [0.717, 1.165) is 5.56 Å². The van der Waals surface area contributed by atoms with E-state index < -0.39 is 36.2 Å². The molecular formula is C17H20N4O7. The second-order valence-corrected chi connectivity index (χ2v) is 6.50. The maximum Gasteiger partial charge on any atom is 0.349 e. The van der Waals surface area contributed by atoms with Crippen molar-refractivity contribution in [3.63, 3.8) is 0 Å². The molecule has 6 N–H and O–H groups in total. The quantitative estimate of drug-likeness (QED) is 0.246. The molecule has 0 amide bonds. The van der Waals surface area contributed by atoms with Gasteiger partial charge in [-0.15, -0.1) is 0 Å². The highest BCUT2D eigenvalue weighted by molar-refractivity contribution is 5.81. The van der Waals surface area contributed by atoms with E-state index in [0.29, 0.717) is 16.6 Å². The Morgan fingerprint density at radius 3 is 2.46 bits per heavy atom. The van der Waals surface area contributed by atoms with Crippen molar-refractivity contribution in [3.8, 4) is 11.5 Å². The van der Waals surface area contributed by atoms with E-state index in [1.165, 1.54) is 4.57 Å². The number of H-pyrrole nitrogens is 1. The van der Waals surface area contributed by atoms with Gasteiger partial charge < -0.3 is 30.1 Å². The fraction of sp³-hybridized carbons (Fsp3) is 0.412. The molecule has 3 atom stereocenters. The van der Waals surface area contributed by atoms with Gasteiger partial charge in [-0.1, -0.05) is 0 Å². The zero-order valence-corrected chi connectivity index (χ0v) is 14.9. The number of hydrogen-bond donors (Lipinski definition) is 6. The molecule has 0 aromatic heterocycles. The van der Waals surface area contributed by atoms with E-state index in [-0.39, 0.29) is 24.7 Å². The number of nitrogens with one attached hydrogen (secondary N) is 1. The van der Waals surface area contributed by atoms with Gasteiger partial charge in [-0.2, -0.15) is 4.98 Å². The smallest absolute Gasteiger partial charge is 0.349 e. The number of fused-ring (bicyclic) bond motifs is 2. The molecule has 0 saturated heterocycles. The van der Waals surface area contributed by atoms with Crippen LogP contribution in [0.15, 0.2) is 21.7 Å². The van der Waals surface area contributed by atoms with Crippen LogP contribution < -0.4 is 11.2 Å². The van der Waals surface area contributed by atoms with E-state index >= 15 is 0 Å². The average molecular weight is 392 g/mol. The first kappa shape index (κ1) is 20.0. The summed E-state index contributed by atoms with van der Waals surface area (Å²) < 4.78 is 1.31. The summed E-state index contributed by atoms with van der Waals surface area (Å²) in [7, 11) is 0. The van der Waals surface area contributed by atoms with E-state index in [4.69, 9.17) is 5.11 Å². The molecule has 11 heteroatoms. The highest BCUT2D eigenvalue weighted by Crippen LogP contribution is 2.25. The van der Waals surface area contributed by atoms with Gasteiger partial charge in [0.15, 0.2) is 11.5 Å². The molecular weight excluding hydrogens is 372 g/mol. The van der Waals surface area contributed by atoms with Crippen molar-refractivity contribution in [3.05, 3.63) is 44.1 Å². The predicted octanol–water partition coefficient (Wildman–Crippen LogP) is -2.54. The molecule has 0 spiro atoms. The van der Waals surface area contributed by atoms with Crippen LogP contribution in [0.3, 0.4) is 0 Å². The maximum atomic E-state index is 12.2. The van der Waals surface area contributed by atoms with Crippen LogP contribution in [0.25, 0.3) is 22.6 Å². The minimum Gasteiger partial charge on any atom is -0.394 e. The molecule has 1 aromatic carbocycles. The molecule has 28 heavy (non-hydrogen) atoms. The van der Waals surface area contributed by atoms with Gasteiger partial charge in [0, 0.05) is 0 Å². The number of hydrogen-bond acceptors (Lipinski definition) is 9. The number of nitrogens with zero attached hydrogens (tertiary/aromatic N) is 3. The SMILES string of the molecule is Cc1cc2nc3c(=O)[nH]c(=O)nc-3n(C[C@H](O)[C@H](O)[C@H](O)CO)c2cc1CO. The Morgan fingerprint density at radius 2 is 1.82 bits per heavy atom. The zero-order valence-electron chi connectivity index (χ0n) is 14.9. The second kappa shape index (κ2) is 7.73. The van der Waals surface area contributed by atoms with Gasteiger partial charge in [0.1, 0.15) is 18.3 Å². The van der Waals surface area contributed by atoms with Gasteiger partial charge >= 0.3 is 5.69 Å². The van der Waals surface area contributed by atoms with Crippen LogP contribution in [0, 0.1) is 6.92 Å². The van der Waals surface area contributed by atoms with Crippen molar-refractivity contribution in [1.82, 2.24) is 19.5 Å². The Kier molecular flexibility index (Phi) is 5.54. The lowest BCUT2D eigenvalue weighted by Crippen LogP contribution is -2.42. The van der Waals surface area contributed by atoms with Gasteiger partial charge in [0.2, 0.25) is 0 Å². The first-order chi connectivity index (χ1) is 13.3. The highest BCUT2D eigenvalue weighted by Gasteiger charge is 2.27. The van der Waals surface area contributed by atoms with Gasteiger partial charge in [-0.05, 0) is 30.2 Å². The van der Waals surface area contributed by atoms with Gasteiger partial charge in [-0.25, -0.2) is 9.78 Å². The highest BCUT2D eigenvalue weighted by atomic mass is 16.4. The Bertz CT molecular complexity index is 1090. The summed E-state index contributed by atoms with van der Waals surface area (Å²) in [6, 6.07) is 3.21. The summed E-state index contributed by atoms with van der Waals surface area (Å²) in [5, 5.41) is 48.4. The van der Waals surface area contributed by atoms with Crippen molar-refractivity contribution in [1.29, 1.82) is 0 Å². The van der Waals surface area contributed by atoms with Crippen molar-refractivity contribution < 1.29 is 25.5 Å². The largest absolute Gasteiger partial charge is 0.394 e. The van der Waals surface area contributed by atoms with Crippen LogP contribution in [0.2, 0.25) is 0 Å². The molecule has 2 aliphatic rings. The fourth-order valence-electron chi connectivity index (χ4n) is 3.00. The third kappa shape index (κ3) is 3.53. The Hall–Kier alpha value is -2.70. The molecule has 2 heterocycles. The zero-order chi connectivity index (χ0) is 20.6. The number of aromatic nitrogens is 4. The third-order valence-corrected chi connectivity index (χ3v) is 4.58. The van der Waals surface area contributed by atoms with Crippen molar-refractivity contribution in [2.45, 2.75) is 38.4 Å². The minimum absolute atomic E-state index is 0.126. The molecule has 0 saturated carbocycles. The third-order valence-electron chi connectivity index (χ3n) is 4.58. The normalized spacial score (nSPS) is 15.1. The summed E-state index contributed by atoms with van der Waals surface area (Å²) >= 11 is 0. The predicted molar refractivity (Wildman–Crippen MR) is 96.8 cm³/mol. The minimum atomic E-state index is -1.69. The summed E-state index contributed by atoms with van der Waals surface area (Å²) in [4.78, 5) is 33.9. The number of aromatic amines is 1. The molecule has 0 aliphatic carbocycles. The molecule has 1 aromatic rings. The molecule has 11 nitrogen and oxygen atoms in total. The molecule has 3 rings (SSSR count). The second-order valence-electron chi connectivity index (χ2n) is 6.50. The standard InChI is InChI=1S/C17H20N4O7/c1-7-2-9-10(3-8(7)5-22)21(4-11(24)14(26)12(25)6-23)15-13(18-9)16(27)20-17(28)19-15/h2-3,11-12,14,22-26H,4-6H2,1H3,(H,20,27,28)/t11-,12+,14-/m0/s1. The lowest BCUT2D eigenvalue weighted by atomic mass is 10.1. The molecule has 0 unspecified atom stereocenters. The molecule has 0 bridgehead atoms. The monoisotopic (exact) mass is 392 g/mol. The van der Waals surface area contributed by atoms with Crippen LogP contribution in [0.4, 0.5) is 0 Å². The van der Waals surface area contributed by atoms with Gasteiger partial charge in [-0.3, -0.25) is 9.78 Å². The van der Waals surface area contributed by atoms with Crippen LogP contribution in [-0.2, 0) is 13.2 Å². The van der Waals surface area contributed by atoms with Crippen molar-refractivity contribution in [2.24, 2.45) is 0 Å². The number of aliphatic hydroxyl groups excluding tert-OH is 5. The molecule has 2 aliphatic heterocycles. The summed E-state index contributed by atoms with van der Waals surface area (Å²) in [5.41, 5.74) is 0.149. The van der Waals surface area contributed by atoms with Crippen LogP contribution in [0.5, 0.6) is 0 Å². The Labute approximate surface area is 157 Å². The van der Waals surface area contributed by atoms with Crippen molar-refractivity contribution >= 4 is 11.0 Å². The lowest BCUT2D eigenvalue weighted by Gasteiger charge is -2.25. The molecule has 0 fully saturated rings. The average Bonchev–Trinajstić information content (AvgIpc) is 2.66. The van der Waals surface area contributed by atoms with E-state index in [2.05, 4.69) is 9.97 Å². The summed E-state index contributed by atoms with van der Waals surface area (Å²) in [6.45, 7) is 0.346. The summed E-state index contributed by atoms with van der Waals surface area (Å²) in [6.07, 6.45) is -4.83. The van der Waals surface area contributed by atoms with Crippen molar-refractivity contribution in [2.75, 3.05) is 6.61 Å². The first-order valence-corrected chi connectivity index (χ1v) is 8.46. The van der Waals surface area contributed by atoms with Crippen LogP contribution >= 0.6 is 0 Å². The van der Waals surface area contributed by atoms with Crippen LogP contribution in [0.1, 0.15) is 11.1 Å². The first-order valence-electron chi connectivity index (χ1n) is 8.46. The van der Waals surface area contributed by atoms with E-state index in [9.17, 15) is 30.0 Å². The maximum absolute atomic E-state index is 12.2.